The van der Waals surface area contributed by atoms with Gasteiger partial charge >= 0.3 is 5.97 Å². The first kappa shape index (κ1) is 13.2. The smallest absolute Gasteiger partial charge is 0.341 e. The zero-order valence-electron chi connectivity index (χ0n) is 9.96. The summed E-state index contributed by atoms with van der Waals surface area (Å²) in [6, 6.07) is 7.49. The summed E-state index contributed by atoms with van der Waals surface area (Å²) in [6.07, 6.45) is 1.46. The Morgan fingerprint density at radius 3 is 2.74 bits per heavy atom. The molecule has 1 N–H and O–H groups in total. The summed E-state index contributed by atoms with van der Waals surface area (Å²) in [5.41, 5.74) is -0.566. The molecule has 0 fully saturated rings. The number of halogens is 1. The summed E-state index contributed by atoms with van der Waals surface area (Å²) < 4.78 is 6.33. The molecule has 0 aliphatic rings. The van der Waals surface area contributed by atoms with Crippen LogP contribution < -0.4 is 10.3 Å². The van der Waals surface area contributed by atoms with Gasteiger partial charge < -0.3 is 9.84 Å². The lowest BCUT2D eigenvalue weighted by Gasteiger charge is -2.11. The fourth-order valence-corrected chi connectivity index (χ4v) is 1.86. The van der Waals surface area contributed by atoms with Crippen LogP contribution in [0.1, 0.15) is 10.4 Å². The van der Waals surface area contributed by atoms with Gasteiger partial charge in [-0.15, -0.1) is 0 Å². The maximum Gasteiger partial charge on any atom is 0.341 e. The van der Waals surface area contributed by atoms with Crippen LogP contribution in [0.5, 0.6) is 5.75 Å². The number of ether oxygens (including phenoxy) is 1. The first-order valence-corrected chi connectivity index (χ1v) is 5.71. The minimum Gasteiger partial charge on any atom is -0.495 e. The van der Waals surface area contributed by atoms with Gasteiger partial charge in [-0.25, -0.2) is 4.79 Å². The minimum absolute atomic E-state index is 0.315. The molecule has 0 bridgehead atoms. The Kier molecular flexibility index (Phi) is 3.57. The summed E-state index contributed by atoms with van der Waals surface area (Å²) in [5, 5.41) is 9.37. The average Bonchev–Trinajstić information content (AvgIpc) is 2.38. The van der Waals surface area contributed by atoms with Gasteiger partial charge in [-0.1, -0.05) is 11.6 Å². The third kappa shape index (κ3) is 2.46. The van der Waals surface area contributed by atoms with Crippen molar-refractivity contribution in [1.29, 1.82) is 0 Å². The van der Waals surface area contributed by atoms with Crippen LogP contribution in [0.15, 0.2) is 41.3 Å². The predicted octanol–water partition coefficient (Wildman–Crippen LogP) is 2.20. The molecule has 0 atom stereocenters. The first-order chi connectivity index (χ1) is 9.04. The highest BCUT2D eigenvalue weighted by Crippen LogP contribution is 2.25. The normalized spacial score (nSPS) is 10.2. The van der Waals surface area contributed by atoms with Gasteiger partial charge in [0.1, 0.15) is 11.3 Å². The van der Waals surface area contributed by atoms with Gasteiger partial charge in [-0.05, 0) is 30.3 Å². The zero-order chi connectivity index (χ0) is 14.0. The summed E-state index contributed by atoms with van der Waals surface area (Å²) in [7, 11) is 1.46. The maximum absolute atomic E-state index is 12.1. The maximum atomic E-state index is 12.1. The second-order valence-electron chi connectivity index (χ2n) is 3.72. The molecule has 0 saturated carbocycles. The SMILES string of the molecule is COc1ccc(Cl)cc1-n1cccc(C(=O)O)c1=O. The number of hydrogen-bond donors (Lipinski definition) is 1. The number of pyridine rings is 1. The highest BCUT2D eigenvalue weighted by molar-refractivity contribution is 6.30. The van der Waals surface area contributed by atoms with E-state index in [1.165, 1.54) is 36.1 Å². The van der Waals surface area contributed by atoms with Crippen LogP contribution in [0.25, 0.3) is 5.69 Å². The zero-order valence-corrected chi connectivity index (χ0v) is 10.7. The van der Waals surface area contributed by atoms with Gasteiger partial charge in [-0.3, -0.25) is 9.36 Å². The van der Waals surface area contributed by atoms with Crippen LogP contribution >= 0.6 is 11.6 Å². The van der Waals surface area contributed by atoms with Gasteiger partial charge in [0.2, 0.25) is 0 Å². The predicted molar refractivity (Wildman–Crippen MR) is 70.6 cm³/mol. The Balaban J connectivity index is 2.72. The molecular weight excluding hydrogens is 270 g/mol. The van der Waals surface area contributed by atoms with E-state index in [-0.39, 0.29) is 5.56 Å². The van der Waals surface area contributed by atoms with Gasteiger partial charge in [0.15, 0.2) is 0 Å². The van der Waals surface area contributed by atoms with Gasteiger partial charge in [0.25, 0.3) is 5.56 Å². The second-order valence-corrected chi connectivity index (χ2v) is 4.15. The second kappa shape index (κ2) is 5.16. The molecule has 1 aromatic carbocycles. The standard InChI is InChI=1S/C13H10ClNO4/c1-19-11-5-4-8(14)7-10(11)15-6-2-3-9(12(15)16)13(17)18/h2-7H,1H3,(H,17,18). The van der Waals surface area contributed by atoms with E-state index in [4.69, 9.17) is 21.4 Å². The lowest BCUT2D eigenvalue weighted by atomic mass is 10.2. The van der Waals surface area contributed by atoms with E-state index in [9.17, 15) is 9.59 Å². The Bertz CT molecular complexity index is 693. The van der Waals surface area contributed by atoms with Gasteiger partial charge in [-0.2, -0.15) is 0 Å². The van der Waals surface area contributed by atoms with Crippen LogP contribution in [0.4, 0.5) is 0 Å². The number of methoxy groups -OCH3 is 1. The minimum atomic E-state index is -1.28. The number of carboxylic acids is 1. The number of carboxylic acid groups (broad SMARTS) is 1. The Labute approximate surface area is 113 Å². The summed E-state index contributed by atoms with van der Waals surface area (Å²) in [4.78, 5) is 23.0. The molecule has 0 spiro atoms. The van der Waals surface area contributed by atoms with Crippen molar-refractivity contribution in [2.24, 2.45) is 0 Å². The van der Waals surface area contributed by atoms with Crippen molar-refractivity contribution in [1.82, 2.24) is 4.57 Å². The summed E-state index contributed by atoms with van der Waals surface area (Å²) >= 11 is 5.89. The number of nitrogens with zero attached hydrogens (tertiary/aromatic N) is 1. The Hall–Kier alpha value is -2.27. The van der Waals surface area contributed by atoms with E-state index >= 15 is 0 Å². The molecule has 2 aromatic rings. The van der Waals surface area contributed by atoms with Crippen LogP contribution in [0.2, 0.25) is 5.02 Å². The average molecular weight is 280 g/mol. The molecule has 0 saturated heterocycles. The molecule has 0 unspecified atom stereocenters. The quantitative estimate of drug-likeness (QED) is 0.935. The third-order valence-electron chi connectivity index (χ3n) is 2.58. The Morgan fingerprint density at radius 2 is 2.11 bits per heavy atom. The molecule has 0 aliphatic carbocycles. The Morgan fingerprint density at radius 1 is 1.37 bits per heavy atom. The van der Waals surface area contributed by atoms with Crippen molar-refractivity contribution in [2.75, 3.05) is 7.11 Å². The van der Waals surface area contributed by atoms with Crippen LogP contribution in [-0.4, -0.2) is 22.8 Å². The molecule has 1 aromatic heterocycles. The number of carbonyl (C=O) groups is 1. The molecule has 19 heavy (non-hydrogen) atoms. The number of benzene rings is 1. The molecule has 6 heteroatoms. The molecular formula is C13H10ClNO4. The van der Waals surface area contributed by atoms with Crippen molar-refractivity contribution in [3.05, 3.63) is 57.5 Å². The fourth-order valence-electron chi connectivity index (χ4n) is 1.70. The molecule has 0 amide bonds. The topological polar surface area (TPSA) is 68.5 Å². The third-order valence-corrected chi connectivity index (χ3v) is 2.81. The van der Waals surface area contributed by atoms with Crippen molar-refractivity contribution in [3.8, 4) is 11.4 Å². The van der Waals surface area contributed by atoms with Crippen LogP contribution in [0, 0.1) is 0 Å². The molecule has 5 nitrogen and oxygen atoms in total. The van der Waals surface area contributed by atoms with Crippen molar-refractivity contribution in [2.45, 2.75) is 0 Å². The van der Waals surface area contributed by atoms with Gasteiger partial charge in [0.05, 0.1) is 12.8 Å². The first-order valence-electron chi connectivity index (χ1n) is 5.33. The summed E-state index contributed by atoms with van der Waals surface area (Å²) in [6.45, 7) is 0. The fraction of sp³-hybridized carbons (Fsp3) is 0.0769. The molecule has 98 valence electrons. The lowest BCUT2D eigenvalue weighted by molar-refractivity contribution is 0.0694. The van der Waals surface area contributed by atoms with Gasteiger partial charge in [0, 0.05) is 11.2 Å². The van der Waals surface area contributed by atoms with Crippen molar-refractivity contribution < 1.29 is 14.6 Å². The van der Waals surface area contributed by atoms with E-state index in [0.717, 1.165) is 0 Å². The number of aromatic nitrogens is 1. The van der Waals surface area contributed by atoms with E-state index < -0.39 is 11.5 Å². The van der Waals surface area contributed by atoms with Crippen LogP contribution in [-0.2, 0) is 0 Å². The molecule has 1 heterocycles. The number of aromatic carboxylic acids is 1. The van der Waals surface area contributed by atoms with Crippen molar-refractivity contribution in [3.63, 3.8) is 0 Å². The molecule has 0 radical (unpaired) electrons. The van der Waals surface area contributed by atoms with E-state index in [2.05, 4.69) is 0 Å². The monoisotopic (exact) mass is 279 g/mol. The highest BCUT2D eigenvalue weighted by atomic mass is 35.5. The number of hydrogen-bond acceptors (Lipinski definition) is 3. The van der Waals surface area contributed by atoms with Crippen molar-refractivity contribution >= 4 is 17.6 Å². The largest absolute Gasteiger partial charge is 0.495 e. The van der Waals surface area contributed by atoms with E-state index in [0.29, 0.717) is 16.5 Å². The van der Waals surface area contributed by atoms with Crippen LogP contribution in [0.3, 0.4) is 0 Å². The highest BCUT2D eigenvalue weighted by Gasteiger charge is 2.13. The molecule has 2 rings (SSSR count). The molecule has 0 aliphatic heterocycles. The van der Waals surface area contributed by atoms with E-state index in [1.54, 1.807) is 12.1 Å². The van der Waals surface area contributed by atoms with E-state index in [1.807, 2.05) is 0 Å². The summed E-state index contributed by atoms with van der Waals surface area (Å²) in [5.74, 6) is -0.852. The number of rotatable bonds is 3. The lowest BCUT2D eigenvalue weighted by Crippen LogP contribution is -2.24.